The third-order valence-electron chi connectivity index (χ3n) is 4.72. The Hall–Kier alpha value is -2.99. The molecule has 0 bridgehead atoms. The van der Waals surface area contributed by atoms with Gasteiger partial charge in [-0.1, -0.05) is 27.7 Å². The minimum absolute atomic E-state index is 0.00151. The van der Waals surface area contributed by atoms with Crippen LogP contribution < -0.4 is 21.7 Å². The van der Waals surface area contributed by atoms with Crippen LogP contribution in [0.15, 0.2) is 12.5 Å². The maximum Gasteiger partial charge on any atom is 0.328 e. The van der Waals surface area contributed by atoms with Crippen LogP contribution in [0.25, 0.3) is 0 Å². The van der Waals surface area contributed by atoms with E-state index in [1.165, 1.54) is 6.33 Å². The van der Waals surface area contributed by atoms with E-state index in [0.717, 1.165) is 0 Å². The van der Waals surface area contributed by atoms with Crippen LogP contribution in [0.4, 0.5) is 0 Å². The standard InChI is InChI=1S/C20H34N6O6/c1-10(2)5-14(18(29)25-15(8-27)20(31)32)24-19(30)16(11(3)4)26-17(28)13(21)6-12-7-22-9-23-12/h7,9-11,13-16,27H,5-6,8,21H2,1-4H3,(H,22,23)(H,24,30)(H,25,29)(H,26,28)(H,31,32). The van der Waals surface area contributed by atoms with Gasteiger partial charge < -0.3 is 36.9 Å². The highest BCUT2D eigenvalue weighted by Crippen LogP contribution is 2.09. The predicted molar refractivity (Wildman–Crippen MR) is 115 cm³/mol. The number of carbonyl (C=O) groups excluding carboxylic acids is 3. The van der Waals surface area contributed by atoms with Gasteiger partial charge in [-0.15, -0.1) is 0 Å². The van der Waals surface area contributed by atoms with Crippen molar-refractivity contribution < 1.29 is 29.4 Å². The molecule has 0 aliphatic carbocycles. The minimum atomic E-state index is -1.49. The van der Waals surface area contributed by atoms with E-state index >= 15 is 0 Å². The van der Waals surface area contributed by atoms with E-state index in [-0.39, 0.29) is 24.7 Å². The van der Waals surface area contributed by atoms with Crippen molar-refractivity contribution in [3.8, 4) is 0 Å². The summed E-state index contributed by atoms with van der Waals surface area (Å²) in [6.45, 7) is 6.35. The SMILES string of the molecule is CC(C)CC(NC(=O)C(NC(=O)C(N)Cc1cnc[nH]1)C(C)C)C(=O)NC(CO)C(=O)O. The average molecular weight is 455 g/mol. The van der Waals surface area contributed by atoms with Crippen molar-refractivity contribution in [2.75, 3.05) is 6.61 Å². The molecule has 1 heterocycles. The van der Waals surface area contributed by atoms with E-state index in [1.54, 1.807) is 20.0 Å². The molecule has 4 unspecified atom stereocenters. The van der Waals surface area contributed by atoms with Crippen LogP contribution in [0.1, 0.15) is 39.8 Å². The predicted octanol–water partition coefficient (Wildman–Crippen LogP) is -1.49. The summed E-state index contributed by atoms with van der Waals surface area (Å²) in [5.41, 5.74) is 6.61. The number of rotatable bonds is 13. The van der Waals surface area contributed by atoms with Gasteiger partial charge in [0.15, 0.2) is 0 Å². The molecule has 3 amide bonds. The molecule has 12 nitrogen and oxygen atoms in total. The maximum atomic E-state index is 12.9. The van der Waals surface area contributed by atoms with Gasteiger partial charge in [0.1, 0.15) is 18.1 Å². The molecule has 1 aromatic heterocycles. The Balaban J connectivity index is 2.87. The number of aliphatic hydroxyl groups is 1. The second-order valence-corrected chi connectivity index (χ2v) is 8.39. The van der Waals surface area contributed by atoms with Crippen LogP contribution in [0, 0.1) is 11.8 Å². The average Bonchev–Trinajstić information content (AvgIpc) is 3.21. The number of nitrogens with two attached hydrogens (primary N) is 1. The zero-order valence-electron chi connectivity index (χ0n) is 18.8. The number of hydrogen-bond donors (Lipinski definition) is 7. The summed E-state index contributed by atoms with van der Waals surface area (Å²) in [6.07, 6.45) is 3.45. The molecule has 0 aromatic carbocycles. The summed E-state index contributed by atoms with van der Waals surface area (Å²) in [5, 5.41) is 25.6. The van der Waals surface area contributed by atoms with Crippen LogP contribution in [-0.2, 0) is 25.6 Å². The van der Waals surface area contributed by atoms with Gasteiger partial charge >= 0.3 is 5.97 Å². The lowest BCUT2D eigenvalue weighted by Crippen LogP contribution is -2.59. The topological polar surface area (TPSA) is 200 Å². The van der Waals surface area contributed by atoms with E-state index in [4.69, 9.17) is 15.9 Å². The van der Waals surface area contributed by atoms with Crippen LogP contribution in [0.2, 0.25) is 0 Å². The van der Waals surface area contributed by atoms with Crippen molar-refractivity contribution >= 4 is 23.7 Å². The molecule has 32 heavy (non-hydrogen) atoms. The van der Waals surface area contributed by atoms with Crippen molar-refractivity contribution in [3.05, 3.63) is 18.2 Å². The Morgan fingerprint density at radius 1 is 1.03 bits per heavy atom. The minimum Gasteiger partial charge on any atom is -0.480 e. The lowest BCUT2D eigenvalue weighted by molar-refractivity contribution is -0.143. The molecular formula is C20H34N6O6. The van der Waals surface area contributed by atoms with Crippen molar-refractivity contribution in [1.82, 2.24) is 25.9 Å². The quantitative estimate of drug-likeness (QED) is 0.187. The Kier molecular flexibility index (Phi) is 10.8. The molecule has 1 aromatic rings. The highest BCUT2D eigenvalue weighted by atomic mass is 16.4. The molecule has 0 aliphatic rings. The third kappa shape index (κ3) is 8.63. The Morgan fingerprint density at radius 2 is 1.66 bits per heavy atom. The third-order valence-corrected chi connectivity index (χ3v) is 4.72. The summed E-state index contributed by atoms with van der Waals surface area (Å²) in [5.74, 6) is -3.58. The van der Waals surface area contributed by atoms with Crippen molar-refractivity contribution in [1.29, 1.82) is 0 Å². The fraction of sp³-hybridized carbons (Fsp3) is 0.650. The molecule has 4 atom stereocenters. The van der Waals surface area contributed by atoms with Gasteiger partial charge in [0, 0.05) is 18.3 Å². The molecule has 0 saturated heterocycles. The lowest BCUT2D eigenvalue weighted by Gasteiger charge is -2.27. The number of hydrogen-bond acceptors (Lipinski definition) is 7. The monoisotopic (exact) mass is 454 g/mol. The largest absolute Gasteiger partial charge is 0.480 e. The van der Waals surface area contributed by atoms with E-state index in [0.29, 0.717) is 5.69 Å². The summed E-state index contributed by atoms with van der Waals surface area (Å²) < 4.78 is 0. The molecule has 1 rings (SSSR count). The molecule has 0 spiro atoms. The second kappa shape index (κ2) is 12.8. The van der Waals surface area contributed by atoms with Crippen LogP contribution in [-0.4, -0.2) is 74.6 Å². The Bertz CT molecular complexity index is 767. The summed E-state index contributed by atoms with van der Waals surface area (Å²) in [6, 6.07) is -4.42. The van der Waals surface area contributed by atoms with Crippen molar-refractivity contribution in [2.24, 2.45) is 17.6 Å². The van der Waals surface area contributed by atoms with Gasteiger partial charge in [0.25, 0.3) is 0 Å². The number of nitrogens with one attached hydrogen (secondary N) is 4. The normalized spacial score (nSPS) is 15.0. The molecule has 8 N–H and O–H groups in total. The number of aromatic nitrogens is 2. The molecule has 12 heteroatoms. The second-order valence-electron chi connectivity index (χ2n) is 8.39. The van der Waals surface area contributed by atoms with Crippen LogP contribution in [0.5, 0.6) is 0 Å². The number of imidazole rings is 1. The van der Waals surface area contributed by atoms with E-state index < -0.39 is 54.5 Å². The lowest BCUT2D eigenvalue weighted by atomic mass is 9.99. The fourth-order valence-electron chi connectivity index (χ4n) is 2.94. The molecular weight excluding hydrogens is 420 g/mol. The number of nitrogens with zero attached hydrogens (tertiary/aromatic N) is 1. The first kappa shape index (κ1) is 27.0. The van der Waals surface area contributed by atoms with E-state index in [1.807, 2.05) is 13.8 Å². The number of aliphatic hydroxyl groups excluding tert-OH is 1. The number of H-pyrrole nitrogens is 1. The Morgan fingerprint density at radius 3 is 2.12 bits per heavy atom. The molecule has 0 aliphatic heterocycles. The smallest absolute Gasteiger partial charge is 0.328 e. The van der Waals surface area contributed by atoms with Gasteiger partial charge in [-0.2, -0.15) is 0 Å². The fourth-order valence-corrected chi connectivity index (χ4v) is 2.94. The number of aromatic amines is 1. The number of carboxylic acid groups (broad SMARTS) is 1. The van der Waals surface area contributed by atoms with Gasteiger partial charge in [-0.25, -0.2) is 9.78 Å². The van der Waals surface area contributed by atoms with E-state index in [9.17, 15) is 19.2 Å². The first-order valence-corrected chi connectivity index (χ1v) is 10.4. The molecule has 0 fully saturated rings. The molecule has 0 radical (unpaired) electrons. The van der Waals surface area contributed by atoms with Crippen LogP contribution >= 0.6 is 0 Å². The van der Waals surface area contributed by atoms with Crippen molar-refractivity contribution in [3.63, 3.8) is 0 Å². The number of amides is 3. The first-order valence-electron chi connectivity index (χ1n) is 10.4. The maximum absolute atomic E-state index is 12.9. The number of carbonyl (C=O) groups is 4. The summed E-state index contributed by atoms with van der Waals surface area (Å²) in [7, 11) is 0. The van der Waals surface area contributed by atoms with E-state index in [2.05, 4.69) is 25.9 Å². The van der Waals surface area contributed by atoms with Gasteiger partial charge in [0.05, 0.1) is 19.0 Å². The van der Waals surface area contributed by atoms with Gasteiger partial charge in [0.2, 0.25) is 17.7 Å². The van der Waals surface area contributed by atoms with Crippen molar-refractivity contribution in [2.45, 2.75) is 64.7 Å². The highest BCUT2D eigenvalue weighted by Gasteiger charge is 2.32. The van der Waals surface area contributed by atoms with Crippen LogP contribution in [0.3, 0.4) is 0 Å². The first-order chi connectivity index (χ1) is 15.0. The Labute approximate surface area is 186 Å². The van der Waals surface area contributed by atoms with Gasteiger partial charge in [-0.05, 0) is 18.3 Å². The zero-order chi connectivity index (χ0) is 24.4. The number of carboxylic acids is 1. The zero-order valence-corrected chi connectivity index (χ0v) is 18.8. The van der Waals surface area contributed by atoms with Gasteiger partial charge in [-0.3, -0.25) is 14.4 Å². The molecule has 180 valence electrons. The summed E-state index contributed by atoms with van der Waals surface area (Å²) >= 11 is 0. The number of aliphatic carboxylic acids is 1. The highest BCUT2D eigenvalue weighted by molar-refractivity contribution is 5.94. The summed E-state index contributed by atoms with van der Waals surface area (Å²) in [4.78, 5) is 55.8. The molecule has 0 saturated carbocycles.